The fraction of sp³-hybridized carbons (Fsp3) is 0.294. The third-order valence-electron chi connectivity index (χ3n) is 3.36. The van der Waals surface area contributed by atoms with E-state index in [9.17, 15) is 22.8 Å². The van der Waals surface area contributed by atoms with Crippen molar-refractivity contribution in [2.75, 3.05) is 5.32 Å². The van der Waals surface area contributed by atoms with Crippen LogP contribution in [0, 0.1) is 0 Å². The summed E-state index contributed by atoms with van der Waals surface area (Å²) in [5.74, 6) is -2.03. The molecular formula is C17H16F3NO3. The highest BCUT2D eigenvalue weighted by Gasteiger charge is 2.34. The van der Waals surface area contributed by atoms with Crippen molar-refractivity contribution in [1.29, 1.82) is 0 Å². The summed E-state index contributed by atoms with van der Waals surface area (Å²) in [4.78, 5) is 23.7. The average molecular weight is 339 g/mol. The van der Waals surface area contributed by atoms with Crippen LogP contribution >= 0.6 is 0 Å². The van der Waals surface area contributed by atoms with Gasteiger partial charge in [-0.15, -0.1) is 0 Å². The number of amides is 1. The van der Waals surface area contributed by atoms with Gasteiger partial charge in [0.1, 0.15) is 5.69 Å². The van der Waals surface area contributed by atoms with Gasteiger partial charge < -0.3 is 9.73 Å². The lowest BCUT2D eigenvalue weighted by atomic mass is 9.87. The van der Waals surface area contributed by atoms with Crippen molar-refractivity contribution < 1.29 is 22.4 Å². The number of hydrogen-bond acceptors (Lipinski definition) is 3. The Bertz CT molecular complexity index is 800. The van der Waals surface area contributed by atoms with Gasteiger partial charge in [-0.1, -0.05) is 32.9 Å². The molecule has 0 fully saturated rings. The van der Waals surface area contributed by atoms with Gasteiger partial charge in [0.2, 0.25) is 5.76 Å². The van der Waals surface area contributed by atoms with Gasteiger partial charge in [-0.25, -0.2) is 4.79 Å². The summed E-state index contributed by atoms with van der Waals surface area (Å²) in [5, 5.41) is 2.25. The number of nitrogens with one attached hydrogen (secondary N) is 1. The third kappa shape index (κ3) is 4.04. The first-order valence-electron chi connectivity index (χ1n) is 7.12. The van der Waals surface area contributed by atoms with Gasteiger partial charge >= 0.3 is 11.8 Å². The largest absolute Gasteiger partial charge is 0.449 e. The smallest absolute Gasteiger partial charge is 0.417 e. The van der Waals surface area contributed by atoms with E-state index in [2.05, 4.69) is 9.73 Å². The second kappa shape index (κ2) is 6.14. The number of rotatable bonds is 2. The summed E-state index contributed by atoms with van der Waals surface area (Å²) in [6.45, 7) is 6.07. The topological polar surface area (TPSA) is 59.3 Å². The number of benzene rings is 1. The Morgan fingerprint density at radius 2 is 1.58 bits per heavy atom. The normalized spacial score (nSPS) is 12.1. The molecule has 1 N–H and O–H groups in total. The highest BCUT2D eigenvalue weighted by atomic mass is 19.4. The van der Waals surface area contributed by atoms with Crippen LogP contribution in [0.25, 0.3) is 0 Å². The zero-order valence-electron chi connectivity index (χ0n) is 13.3. The Morgan fingerprint density at radius 1 is 1.00 bits per heavy atom. The highest BCUT2D eigenvalue weighted by molar-refractivity contribution is 6.04. The lowest BCUT2D eigenvalue weighted by Crippen LogP contribution is -2.20. The molecule has 1 aromatic carbocycles. The minimum Gasteiger partial charge on any atom is -0.417 e. The van der Waals surface area contributed by atoms with Gasteiger partial charge in [0.05, 0.1) is 0 Å². The number of hydrogen-bond donors (Lipinski definition) is 1. The van der Waals surface area contributed by atoms with Gasteiger partial charge in [0.15, 0.2) is 0 Å². The van der Waals surface area contributed by atoms with Crippen molar-refractivity contribution in [3.63, 3.8) is 0 Å². The molecule has 2 aromatic rings. The number of carbonyl (C=O) groups excluding carboxylic acids is 1. The van der Waals surface area contributed by atoms with E-state index in [0.29, 0.717) is 6.07 Å². The van der Waals surface area contributed by atoms with Crippen LogP contribution in [0.1, 0.15) is 42.5 Å². The molecule has 0 aliphatic heterocycles. The fourth-order valence-corrected chi connectivity index (χ4v) is 1.98. The summed E-state index contributed by atoms with van der Waals surface area (Å²) in [7, 11) is 0. The van der Waals surface area contributed by atoms with E-state index in [1.807, 2.05) is 20.8 Å². The molecule has 2 rings (SSSR count). The van der Waals surface area contributed by atoms with E-state index in [4.69, 9.17) is 0 Å². The summed E-state index contributed by atoms with van der Waals surface area (Å²) >= 11 is 0. The van der Waals surface area contributed by atoms with Crippen molar-refractivity contribution in [3.8, 4) is 0 Å². The summed E-state index contributed by atoms with van der Waals surface area (Å²) in [5.41, 5.74) is -0.392. The van der Waals surface area contributed by atoms with E-state index < -0.39 is 23.5 Å². The number of alkyl halides is 3. The SMILES string of the molecule is CC(C)(C)c1ccc(C(=O)Nc2ccc(C(F)(F)F)oc2=O)cc1. The molecule has 0 atom stereocenters. The summed E-state index contributed by atoms with van der Waals surface area (Å²) in [6, 6.07) is 8.20. The van der Waals surface area contributed by atoms with Crippen molar-refractivity contribution in [2.45, 2.75) is 32.4 Å². The molecule has 0 aliphatic rings. The molecule has 7 heteroatoms. The van der Waals surface area contributed by atoms with Crippen LogP contribution in [0.3, 0.4) is 0 Å². The zero-order valence-corrected chi connectivity index (χ0v) is 13.3. The van der Waals surface area contributed by atoms with Crippen molar-refractivity contribution in [3.05, 3.63) is 63.7 Å². The molecule has 0 saturated carbocycles. The standard InChI is InChI=1S/C17H16F3NO3/c1-16(2,3)11-6-4-10(5-7-11)14(22)21-12-8-9-13(17(18,19)20)24-15(12)23/h4-9H,1-3H3,(H,21,22). The predicted octanol–water partition coefficient (Wildman–Crippen LogP) is 4.21. The number of anilines is 1. The van der Waals surface area contributed by atoms with Gasteiger partial charge in [-0.05, 0) is 35.2 Å². The molecule has 0 unspecified atom stereocenters. The predicted molar refractivity (Wildman–Crippen MR) is 83.1 cm³/mol. The van der Waals surface area contributed by atoms with E-state index in [1.54, 1.807) is 24.3 Å². The maximum Gasteiger partial charge on any atom is 0.449 e. The average Bonchev–Trinajstić information content (AvgIpc) is 2.47. The minimum atomic E-state index is -4.76. The second-order valence-electron chi connectivity index (χ2n) is 6.28. The quantitative estimate of drug-likeness (QED) is 0.892. The van der Waals surface area contributed by atoms with E-state index >= 15 is 0 Å². The van der Waals surface area contributed by atoms with Crippen LogP contribution in [0.2, 0.25) is 0 Å². The zero-order chi connectivity index (χ0) is 18.1. The van der Waals surface area contributed by atoms with Crippen LogP contribution in [-0.2, 0) is 11.6 Å². The molecule has 128 valence electrons. The first-order valence-corrected chi connectivity index (χ1v) is 7.12. The van der Waals surface area contributed by atoms with Gasteiger partial charge in [-0.3, -0.25) is 4.79 Å². The van der Waals surface area contributed by atoms with Crippen LogP contribution in [0.4, 0.5) is 18.9 Å². The fourth-order valence-electron chi connectivity index (χ4n) is 1.98. The second-order valence-corrected chi connectivity index (χ2v) is 6.28. The monoisotopic (exact) mass is 339 g/mol. The van der Waals surface area contributed by atoms with Crippen LogP contribution in [0.5, 0.6) is 0 Å². The molecule has 24 heavy (non-hydrogen) atoms. The maximum absolute atomic E-state index is 12.4. The first kappa shape index (κ1) is 17.8. The molecule has 0 aliphatic carbocycles. The van der Waals surface area contributed by atoms with Gasteiger partial charge in [0, 0.05) is 5.56 Å². The highest BCUT2D eigenvalue weighted by Crippen LogP contribution is 2.28. The molecule has 1 aromatic heterocycles. The van der Waals surface area contributed by atoms with Crippen LogP contribution in [0.15, 0.2) is 45.6 Å². The van der Waals surface area contributed by atoms with E-state index in [0.717, 1.165) is 11.6 Å². The Labute approximate surface area is 136 Å². The number of carbonyl (C=O) groups is 1. The Hall–Kier alpha value is -2.57. The molecule has 0 spiro atoms. The molecule has 4 nitrogen and oxygen atoms in total. The molecule has 0 bridgehead atoms. The molecule has 0 saturated heterocycles. The lowest BCUT2D eigenvalue weighted by Gasteiger charge is -2.19. The first-order chi connectivity index (χ1) is 11.0. The van der Waals surface area contributed by atoms with Crippen molar-refractivity contribution in [1.82, 2.24) is 0 Å². The Kier molecular flexibility index (Phi) is 4.55. The Morgan fingerprint density at radius 3 is 2.04 bits per heavy atom. The Balaban J connectivity index is 2.20. The van der Waals surface area contributed by atoms with Crippen molar-refractivity contribution in [2.24, 2.45) is 0 Å². The molecule has 0 radical (unpaired) electrons. The van der Waals surface area contributed by atoms with E-state index in [1.165, 1.54) is 0 Å². The number of halogens is 3. The van der Waals surface area contributed by atoms with E-state index in [-0.39, 0.29) is 16.7 Å². The van der Waals surface area contributed by atoms with Gasteiger partial charge in [0.25, 0.3) is 5.91 Å². The molecular weight excluding hydrogens is 323 g/mol. The van der Waals surface area contributed by atoms with Crippen molar-refractivity contribution >= 4 is 11.6 Å². The molecule has 1 amide bonds. The van der Waals surface area contributed by atoms with Crippen LogP contribution < -0.4 is 10.9 Å². The third-order valence-corrected chi connectivity index (χ3v) is 3.36. The summed E-state index contributed by atoms with van der Waals surface area (Å²) in [6.07, 6.45) is -4.76. The summed E-state index contributed by atoms with van der Waals surface area (Å²) < 4.78 is 41.5. The maximum atomic E-state index is 12.4. The minimum absolute atomic E-state index is 0.0799. The lowest BCUT2D eigenvalue weighted by molar-refractivity contribution is -0.154. The van der Waals surface area contributed by atoms with Gasteiger partial charge in [-0.2, -0.15) is 13.2 Å². The molecule has 1 heterocycles. The van der Waals surface area contributed by atoms with Crippen LogP contribution in [-0.4, -0.2) is 5.91 Å².